The van der Waals surface area contributed by atoms with Gasteiger partial charge in [-0.15, -0.1) is 5.10 Å². The average molecular weight is 440 g/mol. The number of piperazine rings is 1. The molecule has 1 aliphatic heterocycles. The van der Waals surface area contributed by atoms with Crippen LogP contribution >= 0.6 is 0 Å². The predicted octanol–water partition coefficient (Wildman–Crippen LogP) is 2.70. The van der Waals surface area contributed by atoms with Crippen LogP contribution < -0.4 is 9.80 Å². The Hall–Kier alpha value is -4.14. The quantitative estimate of drug-likeness (QED) is 0.419. The van der Waals surface area contributed by atoms with E-state index in [1.54, 1.807) is 0 Å². The maximum atomic E-state index is 4.84. The van der Waals surface area contributed by atoms with Gasteiger partial charge < -0.3 is 9.80 Å². The van der Waals surface area contributed by atoms with E-state index in [0.717, 1.165) is 61.1 Å². The SMILES string of the molecule is Cn1cc(-c2ccc3cc(N4CCN(c5ncn(Cc6ccccc6)n5)CC4)nn3c2)cn1. The van der Waals surface area contributed by atoms with E-state index in [1.165, 1.54) is 5.56 Å². The Bertz CT molecular complexity index is 1370. The normalized spacial score (nSPS) is 14.3. The summed E-state index contributed by atoms with van der Waals surface area (Å²) in [5.41, 5.74) is 4.50. The molecule has 9 nitrogen and oxygen atoms in total. The number of hydrogen-bond acceptors (Lipinski definition) is 6. The zero-order valence-electron chi connectivity index (χ0n) is 18.5. The van der Waals surface area contributed by atoms with Crippen molar-refractivity contribution in [2.24, 2.45) is 7.05 Å². The molecule has 166 valence electrons. The van der Waals surface area contributed by atoms with Crippen molar-refractivity contribution in [1.82, 2.24) is 34.2 Å². The Kier molecular flexibility index (Phi) is 4.79. The lowest BCUT2D eigenvalue weighted by Crippen LogP contribution is -2.47. The molecule has 5 aromatic rings. The van der Waals surface area contributed by atoms with Crippen molar-refractivity contribution in [1.29, 1.82) is 0 Å². The van der Waals surface area contributed by atoms with Gasteiger partial charge in [-0.2, -0.15) is 10.2 Å². The van der Waals surface area contributed by atoms with Crippen molar-refractivity contribution in [2.75, 3.05) is 36.0 Å². The molecule has 33 heavy (non-hydrogen) atoms. The van der Waals surface area contributed by atoms with Gasteiger partial charge in [-0.1, -0.05) is 36.4 Å². The third-order valence-electron chi connectivity index (χ3n) is 6.08. The number of pyridine rings is 1. The Morgan fingerprint density at radius 1 is 0.848 bits per heavy atom. The van der Waals surface area contributed by atoms with Crippen LogP contribution in [0.3, 0.4) is 0 Å². The zero-order chi connectivity index (χ0) is 22.2. The molecule has 0 bridgehead atoms. The van der Waals surface area contributed by atoms with Crippen molar-refractivity contribution in [3.8, 4) is 11.1 Å². The van der Waals surface area contributed by atoms with Crippen LogP contribution in [0.2, 0.25) is 0 Å². The van der Waals surface area contributed by atoms with Gasteiger partial charge in [-0.25, -0.2) is 14.2 Å². The highest BCUT2D eigenvalue weighted by atomic mass is 15.4. The number of fused-ring (bicyclic) bond motifs is 1. The standard InChI is InChI=1S/C24H25N9/c1-29-16-21(14-26-29)20-7-8-22-13-23(27-33(22)17-20)30-9-11-31(12-10-30)24-25-18-32(28-24)15-19-5-3-2-4-6-19/h2-8,13-14,16-18H,9-12,15H2,1H3. The summed E-state index contributed by atoms with van der Waals surface area (Å²) < 4.78 is 5.67. The van der Waals surface area contributed by atoms with Crippen LogP contribution in [0.25, 0.3) is 16.6 Å². The summed E-state index contributed by atoms with van der Waals surface area (Å²) in [5, 5.41) is 13.8. The number of rotatable bonds is 5. The largest absolute Gasteiger partial charge is 0.352 e. The van der Waals surface area contributed by atoms with Gasteiger partial charge in [-0.05, 0) is 11.6 Å². The topological polar surface area (TPSA) is 72.3 Å². The van der Waals surface area contributed by atoms with E-state index in [9.17, 15) is 0 Å². The summed E-state index contributed by atoms with van der Waals surface area (Å²) in [5.74, 6) is 1.79. The zero-order valence-corrected chi connectivity index (χ0v) is 18.5. The molecule has 5 heterocycles. The first kappa shape index (κ1) is 19.5. The number of hydrogen-bond donors (Lipinski definition) is 0. The van der Waals surface area contributed by atoms with Crippen LogP contribution in [0.15, 0.2) is 73.4 Å². The summed E-state index contributed by atoms with van der Waals surface area (Å²) in [6.45, 7) is 4.23. The lowest BCUT2D eigenvalue weighted by atomic mass is 10.1. The molecule has 0 atom stereocenters. The van der Waals surface area contributed by atoms with Gasteiger partial charge in [0, 0.05) is 62.8 Å². The fraction of sp³-hybridized carbons (Fsp3) is 0.250. The molecule has 0 aliphatic carbocycles. The molecule has 6 rings (SSSR count). The van der Waals surface area contributed by atoms with E-state index >= 15 is 0 Å². The number of anilines is 2. The van der Waals surface area contributed by atoms with Crippen LogP contribution in [0.5, 0.6) is 0 Å². The maximum absolute atomic E-state index is 4.84. The molecule has 0 unspecified atom stereocenters. The number of aromatic nitrogens is 7. The van der Waals surface area contributed by atoms with E-state index in [0.29, 0.717) is 0 Å². The summed E-state index contributed by atoms with van der Waals surface area (Å²) in [7, 11) is 1.93. The van der Waals surface area contributed by atoms with Gasteiger partial charge in [0.05, 0.1) is 18.3 Å². The molecule has 0 spiro atoms. The predicted molar refractivity (Wildman–Crippen MR) is 127 cm³/mol. The fourth-order valence-corrected chi connectivity index (χ4v) is 4.28. The van der Waals surface area contributed by atoms with Gasteiger partial charge in [0.25, 0.3) is 0 Å². The van der Waals surface area contributed by atoms with Gasteiger partial charge >= 0.3 is 0 Å². The molecule has 0 N–H and O–H groups in total. The van der Waals surface area contributed by atoms with Crippen LogP contribution in [0, 0.1) is 0 Å². The lowest BCUT2D eigenvalue weighted by Gasteiger charge is -2.34. The van der Waals surface area contributed by atoms with Gasteiger partial charge in [0.15, 0.2) is 5.82 Å². The molecule has 1 fully saturated rings. The monoisotopic (exact) mass is 439 g/mol. The third-order valence-corrected chi connectivity index (χ3v) is 6.08. The van der Waals surface area contributed by atoms with E-state index in [1.807, 2.05) is 57.8 Å². The molecule has 1 saturated heterocycles. The Balaban J connectivity index is 1.13. The van der Waals surface area contributed by atoms with Crippen molar-refractivity contribution in [3.05, 3.63) is 79.0 Å². The van der Waals surface area contributed by atoms with Crippen LogP contribution in [0.1, 0.15) is 5.56 Å². The fourth-order valence-electron chi connectivity index (χ4n) is 4.28. The van der Waals surface area contributed by atoms with Crippen molar-refractivity contribution in [2.45, 2.75) is 6.54 Å². The molecule has 0 saturated carbocycles. The summed E-state index contributed by atoms with van der Waals surface area (Å²) >= 11 is 0. The van der Waals surface area contributed by atoms with Crippen molar-refractivity contribution < 1.29 is 0 Å². The highest BCUT2D eigenvalue weighted by Crippen LogP contribution is 2.23. The van der Waals surface area contributed by atoms with E-state index < -0.39 is 0 Å². The summed E-state index contributed by atoms with van der Waals surface area (Å²) in [6.07, 6.45) is 7.77. The Morgan fingerprint density at radius 2 is 1.67 bits per heavy atom. The van der Waals surface area contributed by atoms with Gasteiger partial charge in [0.2, 0.25) is 5.95 Å². The second-order valence-corrected chi connectivity index (χ2v) is 8.39. The summed E-state index contributed by atoms with van der Waals surface area (Å²) in [6, 6.07) is 16.7. The first-order valence-corrected chi connectivity index (χ1v) is 11.1. The van der Waals surface area contributed by atoms with Crippen molar-refractivity contribution >= 4 is 17.3 Å². The Labute approximate surface area is 191 Å². The van der Waals surface area contributed by atoms with E-state index in [2.05, 4.69) is 61.5 Å². The van der Waals surface area contributed by atoms with E-state index in [-0.39, 0.29) is 0 Å². The average Bonchev–Trinajstić information content (AvgIpc) is 3.59. The number of aryl methyl sites for hydroxylation is 1. The Morgan fingerprint density at radius 3 is 2.45 bits per heavy atom. The second kappa shape index (κ2) is 8.09. The summed E-state index contributed by atoms with van der Waals surface area (Å²) in [4.78, 5) is 9.11. The highest BCUT2D eigenvalue weighted by molar-refractivity contribution is 5.66. The lowest BCUT2D eigenvalue weighted by molar-refractivity contribution is 0.621. The smallest absolute Gasteiger partial charge is 0.244 e. The second-order valence-electron chi connectivity index (χ2n) is 8.39. The van der Waals surface area contributed by atoms with Crippen LogP contribution in [-0.4, -0.2) is 60.3 Å². The van der Waals surface area contributed by atoms with E-state index in [4.69, 9.17) is 5.10 Å². The van der Waals surface area contributed by atoms with Crippen molar-refractivity contribution in [3.63, 3.8) is 0 Å². The molecule has 1 aliphatic rings. The molecule has 1 aromatic carbocycles. The molecular weight excluding hydrogens is 414 g/mol. The first-order valence-electron chi connectivity index (χ1n) is 11.1. The minimum atomic E-state index is 0.732. The first-order chi connectivity index (χ1) is 16.2. The molecule has 9 heteroatoms. The minimum Gasteiger partial charge on any atom is -0.352 e. The number of nitrogens with zero attached hydrogens (tertiary/aromatic N) is 9. The highest BCUT2D eigenvalue weighted by Gasteiger charge is 2.22. The third kappa shape index (κ3) is 3.93. The van der Waals surface area contributed by atoms with Crippen LogP contribution in [0.4, 0.5) is 11.8 Å². The van der Waals surface area contributed by atoms with Gasteiger partial charge in [-0.3, -0.25) is 4.68 Å². The van der Waals surface area contributed by atoms with Crippen LogP contribution in [-0.2, 0) is 13.6 Å². The molecule has 0 radical (unpaired) electrons. The molecular formula is C24H25N9. The van der Waals surface area contributed by atoms with Gasteiger partial charge in [0.1, 0.15) is 6.33 Å². The maximum Gasteiger partial charge on any atom is 0.244 e. The molecule has 0 amide bonds. The molecule has 4 aromatic heterocycles. The number of benzene rings is 1. The minimum absolute atomic E-state index is 0.732.